The number of nitriles is 1. The van der Waals surface area contributed by atoms with Gasteiger partial charge in [-0.05, 0) is 61.3 Å². The molecule has 0 spiro atoms. The highest BCUT2D eigenvalue weighted by Crippen LogP contribution is 2.11. The largest absolute Gasteiger partial charge is 0.494 e. The number of nitrogens with zero attached hydrogens (tertiary/aromatic N) is 1. The standard InChI is InChI=1S/C18H19FN2O/c19-17-7-9-18(10-8-17)22-12-2-1-11-21-14-16-5-3-15(13-20)4-6-16/h3-10,21H,1-2,11-12,14H2. The molecule has 0 aliphatic carbocycles. The quantitative estimate of drug-likeness (QED) is 0.757. The second-order valence-electron chi connectivity index (χ2n) is 4.99. The number of hydrogen-bond acceptors (Lipinski definition) is 3. The minimum atomic E-state index is -0.251. The Bertz CT molecular complexity index is 602. The summed E-state index contributed by atoms with van der Waals surface area (Å²) in [6.45, 7) is 2.33. The first-order valence-electron chi connectivity index (χ1n) is 7.36. The van der Waals surface area contributed by atoms with E-state index in [0.717, 1.165) is 25.9 Å². The van der Waals surface area contributed by atoms with Gasteiger partial charge in [0.2, 0.25) is 0 Å². The van der Waals surface area contributed by atoms with Crippen molar-refractivity contribution < 1.29 is 9.13 Å². The van der Waals surface area contributed by atoms with E-state index >= 15 is 0 Å². The zero-order valence-corrected chi connectivity index (χ0v) is 12.4. The Hall–Kier alpha value is -2.38. The van der Waals surface area contributed by atoms with Gasteiger partial charge in [-0.3, -0.25) is 0 Å². The summed E-state index contributed by atoms with van der Waals surface area (Å²) in [4.78, 5) is 0. The fourth-order valence-electron chi connectivity index (χ4n) is 2.00. The van der Waals surface area contributed by atoms with Crippen LogP contribution >= 0.6 is 0 Å². The molecule has 0 amide bonds. The number of hydrogen-bond donors (Lipinski definition) is 1. The number of ether oxygens (including phenoxy) is 1. The maximum atomic E-state index is 12.7. The molecule has 0 fully saturated rings. The van der Waals surface area contributed by atoms with E-state index in [9.17, 15) is 4.39 Å². The van der Waals surface area contributed by atoms with Crippen LogP contribution < -0.4 is 10.1 Å². The Balaban J connectivity index is 1.54. The summed E-state index contributed by atoms with van der Waals surface area (Å²) >= 11 is 0. The molecule has 0 saturated heterocycles. The van der Waals surface area contributed by atoms with Crippen molar-refractivity contribution in [3.8, 4) is 11.8 Å². The lowest BCUT2D eigenvalue weighted by Gasteiger charge is -2.07. The fraction of sp³-hybridized carbons (Fsp3) is 0.278. The van der Waals surface area contributed by atoms with E-state index in [1.807, 2.05) is 24.3 Å². The molecule has 0 atom stereocenters. The van der Waals surface area contributed by atoms with Crippen molar-refractivity contribution in [1.82, 2.24) is 5.32 Å². The number of rotatable bonds is 8. The van der Waals surface area contributed by atoms with E-state index in [0.29, 0.717) is 17.9 Å². The highest BCUT2D eigenvalue weighted by atomic mass is 19.1. The first-order chi connectivity index (χ1) is 10.8. The molecule has 2 aromatic carbocycles. The molecule has 114 valence electrons. The molecule has 0 heterocycles. The SMILES string of the molecule is N#Cc1ccc(CNCCCCOc2ccc(F)cc2)cc1. The monoisotopic (exact) mass is 298 g/mol. The summed E-state index contributed by atoms with van der Waals surface area (Å²) in [6.07, 6.45) is 1.95. The smallest absolute Gasteiger partial charge is 0.123 e. The lowest BCUT2D eigenvalue weighted by Crippen LogP contribution is -2.15. The van der Waals surface area contributed by atoms with E-state index in [4.69, 9.17) is 10.00 Å². The van der Waals surface area contributed by atoms with Crippen LogP contribution in [-0.4, -0.2) is 13.2 Å². The number of benzene rings is 2. The summed E-state index contributed by atoms with van der Waals surface area (Å²) in [5.41, 5.74) is 1.85. The highest BCUT2D eigenvalue weighted by Gasteiger charge is 1.96. The van der Waals surface area contributed by atoms with Gasteiger partial charge in [-0.1, -0.05) is 12.1 Å². The van der Waals surface area contributed by atoms with Crippen LogP contribution in [0.2, 0.25) is 0 Å². The van der Waals surface area contributed by atoms with Gasteiger partial charge in [0.25, 0.3) is 0 Å². The fourth-order valence-corrected chi connectivity index (χ4v) is 2.00. The molecule has 22 heavy (non-hydrogen) atoms. The Morgan fingerprint density at radius 3 is 2.41 bits per heavy atom. The molecule has 0 aliphatic rings. The molecule has 2 aromatic rings. The van der Waals surface area contributed by atoms with Crippen LogP contribution in [0.15, 0.2) is 48.5 Å². The first kappa shape index (κ1) is 16.0. The van der Waals surface area contributed by atoms with Gasteiger partial charge in [0.15, 0.2) is 0 Å². The third kappa shape index (κ3) is 5.55. The van der Waals surface area contributed by atoms with Gasteiger partial charge in [0, 0.05) is 6.54 Å². The van der Waals surface area contributed by atoms with Gasteiger partial charge < -0.3 is 10.1 Å². The Kier molecular flexibility index (Phi) is 6.40. The highest BCUT2D eigenvalue weighted by molar-refractivity contribution is 5.31. The van der Waals surface area contributed by atoms with Crippen molar-refractivity contribution in [1.29, 1.82) is 5.26 Å². The number of halogens is 1. The van der Waals surface area contributed by atoms with Crippen LogP contribution in [0.25, 0.3) is 0 Å². The second kappa shape index (κ2) is 8.81. The third-order valence-electron chi connectivity index (χ3n) is 3.24. The molecule has 0 unspecified atom stereocenters. The minimum absolute atomic E-state index is 0.251. The van der Waals surface area contributed by atoms with Crippen molar-refractivity contribution >= 4 is 0 Å². The molecule has 0 saturated carbocycles. The van der Waals surface area contributed by atoms with Gasteiger partial charge in [0.1, 0.15) is 11.6 Å². The van der Waals surface area contributed by atoms with Crippen LogP contribution in [0.1, 0.15) is 24.0 Å². The van der Waals surface area contributed by atoms with Crippen LogP contribution in [0.5, 0.6) is 5.75 Å². The molecule has 4 heteroatoms. The van der Waals surface area contributed by atoms with Crippen molar-refractivity contribution in [3.63, 3.8) is 0 Å². The topological polar surface area (TPSA) is 45.0 Å². The average molecular weight is 298 g/mol. The lowest BCUT2D eigenvalue weighted by molar-refractivity contribution is 0.305. The predicted molar refractivity (Wildman–Crippen MR) is 84.0 cm³/mol. The van der Waals surface area contributed by atoms with Crippen molar-refractivity contribution in [3.05, 3.63) is 65.5 Å². The van der Waals surface area contributed by atoms with Crippen LogP contribution in [-0.2, 0) is 6.54 Å². The van der Waals surface area contributed by atoms with Gasteiger partial charge >= 0.3 is 0 Å². The summed E-state index contributed by atoms with van der Waals surface area (Å²) in [6, 6.07) is 15.8. The van der Waals surface area contributed by atoms with Gasteiger partial charge in [-0.25, -0.2) is 4.39 Å². The summed E-state index contributed by atoms with van der Waals surface area (Å²) < 4.78 is 18.2. The zero-order chi connectivity index (χ0) is 15.6. The summed E-state index contributed by atoms with van der Waals surface area (Å²) in [5.74, 6) is 0.450. The molecule has 1 N–H and O–H groups in total. The maximum Gasteiger partial charge on any atom is 0.123 e. The minimum Gasteiger partial charge on any atom is -0.494 e. The lowest BCUT2D eigenvalue weighted by atomic mass is 10.1. The predicted octanol–water partition coefficient (Wildman–Crippen LogP) is 3.65. The van der Waals surface area contributed by atoms with Crippen molar-refractivity contribution in [2.24, 2.45) is 0 Å². The molecule has 2 rings (SSSR count). The molecule has 0 bridgehead atoms. The first-order valence-corrected chi connectivity index (χ1v) is 7.36. The Labute approximate surface area is 130 Å². The van der Waals surface area contributed by atoms with Crippen molar-refractivity contribution in [2.45, 2.75) is 19.4 Å². The zero-order valence-electron chi connectivity index (χ0n) is 12.4. The van der Waals surface area contributed by atoms with Gasteiger partial charge in [-0.2, -0.15) is 5.26 Å². The van der Waals surface area contributed by atoms with Crippen LogP contribution in [0.3, 0.4) is 0 Å². The van der Waals surface area contributed by atoms with E-state index in [2.05, 4.69) is 11.4 Å². The molecule has 3 nitrogen and oxygen atoms in total. The van der Waals surface area contributed by atoms with Crippen LogP contribution in [0.4, 0.5) is 4.39 Å². The second-order valence-corrected chi connectivity index (χ2v) is 4.99. The van der Waals surface area contributed by atoms with E-state index in [-0.39, 0.29) is 5.82 Å². The Morgan fingerprint density at radius 2 is 1.73 bits per heavy atom. The number of nitrogens with one attached hydrogen (secondary N) is 1. The molecule has 0 aromatic heterocycles. The summed E-state index contributed by atoms with van der Waals surface area (Å²) in [5, 5.41) is 12.1. The average Bonchev–Trinajstić information content (AvgIpc) is 2.56. The van der Waals surface area contributed by atoms with Gasteiger partial charge in [-0.15, -0.1) is 0 Å². The normalized spacial score (nSPS) is 10.2. The maximum absolute atomic E-state index is 12.7. The Morgan fingerprint density at radius 1 is 1.00 bits per heavy atom. The van der Waals surface area contributed by atoms with Crippen molar-refractivity contribution in [2.75, 3.05) is 13.2 Å². The molecular formula is C18H19FN2O. The van der Waals surface area contributed by atoms with Crippen LogP contribution in [0, 0.1) is 17.1 Å². The molecular weight excluding hydrogens is 279 g/mol. The van der Waals surface area contributed by atoms with E-state index in [1.165, 1.54) is 17.7 Å². The van der Waals surface area contributed by atoms with E-state index < -0.39 is 0 Å². The van der Waals surface area contributed by atoms with E-state index in [1.54, 1.807) is 12.1 Å². The molecule has 0 radical (unpaired) electrons. The summed E-state index contributed by atoms with van der Waals surface area (Å²) in [7, 11) is 0. The third-order valence-corrected chi connectivity index (χ3v) is 3.24. The number of unbranched alkanes of at least 4 members (excludes halogenated alkanes) is 1. The van der Waals surface area contributed by atoms with Gasteiger partial charge in [0.05, 0.1) is 18.2 Å². The molecule has 0 aliphatic heterocycles.